The van der Waals surface area contributed by atoms with Gasteiger partial charge in [0.2, 0.25) is 0 Å². The zero-order valence-corrected chi connectivity index (χ0v) is 23.6. The first-order valence-corrected chi connectivity index (χ1v) is 14.5. The number of aliphatic hydroxyl groups is 2. The van der Waals surface area contributed by atoms with Gasteiger partial charge >= 0.3 is 0 Å². The summed E-state index contributed by atoms with van der Waals surface area (Å²) in [5, 5.41) is 27.0. The van der Waals surface area contributed by atoms with Gasteiger partial charge in [0.05, 0.1) is 12.1 Å². The number of carbonyl (C=O) groups is 3. The fraction of sp³-hybridized carbons (Fsp3) is 0.483. The Morgan fingerprint density at radius 3 is 2.16 bits per heavy atom. The standard InChI is InChI=1S/C29H41N3O5S/c1-5-13-32(14-6-2)29(37)23-17-20(3)16-22(18-23)27(35)30-19-25(33)26(34)24(12-15-38-4)31-28(36)21-10-8-7-9-11-21/h7-11,16-18,24-26,33-34H,5-6,12-15,19H2,1-4H3,(H,30,35)(H,31,36). The Morgan fingerprint density at radius 2 is 1.55 bits per heavy atom. The molecule has 2 aromatic carbocycles. The van der Waals surface area contributed by atoms with E-state index in [0.29, 0.717) is 42.0 Å². The average Bonchev–Trinajstić information content (AvgIpc) is 2.92. The van der Waals surface area contributed by atoms with E-state index in [1.54, 1.807) is 59.1 Å². The minimum Gasteiger partial charge on any atom is -0.388 e. The third-order valence-corrected chi connectivity index (χ3v) is 6.77. The van der Waals surface area contributed by atoms with E-state index < -0.39 is 24.2 Å². The second kappa shape index (κ2) is 16.2. The number of hydrogen-bond acceptors (Lipinski definition) is 6. The smallest absolute Gasteiger partial charge is 0.253 e. The van der Waals surface area contributed by atoms with E-state index in [0.717, 1.165) is 18.4 Å². The van der Waals surface area contributed by atoms with Gasteiger partial charge in [-0.1, -0.05) is 32.0 Å². The van der Waals surface area contributed by atoms with Crippen molar-refractivity contribution in [3.8, 4) is 0 Å². The maximum absolute atomic E-state index is 13.0. The number of carbonyl (C=O) groups excluding carboxylic acids is 3. The largest absolute Gasteiger partial charge is 0.388 e. The van der Waals surface area contributed by atoms with E-state index in [-0.39, 0.29) is 18.4 Å². The lowest BCUT2D eigenvalue weighted by Gasteiger charge is -2.28. The molecule has 8 nitrogen and oxygen atoms in total. The highest BCUT2D eigenvalue weighted by Gasteiger charge is 2.28. The van der Waals surface area contributed by atoms with Crippen LogP contribution in [0.3, 0.4) is 0 Å². The maximum atomic E-state index is 13.0. The number of nitrogens with zero attached hydrogens (tertiary/aromatic N) is 1. The van der Waals surface area contributed by atoms with Crippen LogP contribution in [-0.2, 0) is 0 Å². The van der Waals surface area contributed by atoms with E-state index >= 15 is 0 Å². The lowest BCUT2D eigenvalue weighted by molar-refractivity contribution is -0.00242. The molecular weight excluding hydrogens is 502 g/mol. The Balaban J connectivity index is 2.07. The van der Waals surface area contributed by atoms with E-state index in [4.69, 9.17) is 0 Å². The number of amides is 3. The lowest BCUT2D eigenvalue weighted by atomic mass is 10.0. The second-order valence-electron chi connectivity index (χ2n) is 9.38. The predicted molar refractivity (Wildman–Crippen MR) is 153 cm³/mol. The van der Waals surface area contributed by atoms with Gasteiger partial charge in [-0.3, -0.25) is 14.4 Å². The number of nitrogens with one attached hydrogen (secondary N) is 2. The molecule has 3 atom stereocenters. The van der Waals surface area contributed by atoms with E-state index in [2.05, 4.69) is 10.6 Å². The molecule has 0 heterocycles. The van der Waals surface area contributed by atoms with Crippen LogP contribution >= 0.6 is 11.8 Å². The van der Waals surface area contributed by atoms with Crippen LogP contribution in [0.4, 0.5) is 0 Å². The Morgan fingerprint density at radius 1 is 0.921 bits per heavy atom. The fourth-order valence-corrected chi connectivity index (χ4v) is 4.67. The van der Waals surface area contributed by atoms with Gasteiger partial charge in [0.1, 0.15) is 6.10 Å². The minimum absolute atomic E-state index is 0.118. The van der Waals surface area contributed by atoms with Gasteiger partial charge in [-0.2, -0.15) is 11.8 Å². The number of aryl methyl sites for hydroxylation is 1. The summed E-state index contributed by atoms with van der Waals surface area (Å²) in [5.74, 6) is -0.249. The SMILES string of the molecule is CCCN(CCC)C(=O)c1cc(C)cc(C(=O)NCC(O)C(O)C(CCSC)NC(=O)c2ccccc2)c1. The van der Waals surface area contributed by atoms with Gasteiger partial charge in [-0.05, 0) is 74.1 Å². The molecule has 3 unspecified atom stereocenters. The van der Waals surface area contributed by atoms with Crippen molar-refractivity contribution in [1.29, 1.82) is 0 Å². The molecular formula is C29H41N3O5S. The molecule has 38 heavy (non-hydrogen) atoms. The number of benzene rings is 2. The molecule has 0 aliphatic carbocycles. The third kappa shape index (κ3) is 9.45. The summed E-state index contributed by atoms with van der Waals surface area (Å²) in [6.45, 7) is 6.93. The number of aliphatic hydroxyl groups excluding tert-OH is 2. The molecule has 208 valence electrons. The van der Waals surface area contributed by atoms with Crippen molar-refractivity contribution in [2.45, 2.75) is 58.3 Å². The molecule has 2 rings (SSSR count). The first kappa shape index (κ1) is 31.3. The van der Waals surface area contributed by atoms with Gasteiger partial charge in [0.15, 0.2) is 0 Å². The minimum atomic E-state index is -1.31. The highest BCUT2D eigenvalue weighted by Crippen LogP contribution is 2.14. The van der Waals surface area contributed by atoms with Crippen molar-refractivity contribution in [3.05, 3.63) is 70.8 Å². The van der Waals surface area contributed by atoms with Crippen LogP contribution in [0.15, 0.2) is 48.5 Å². The quantitative estimate of drug-likeness (QED) is 0.274. The van der Waals surface area contributed by atoms with Crippen LogP contribution in [0.2, 0.25) is 0 Å². The molecule has 0 aliphatic rings. The number of hydrogen-bond donors (Lipinski definition) is 4. The average molecular weight is 544 g/mol. The molecule has 3 amide bonds. The first-order chi connectivity index (χ1) is 18.2. The first-order valence-electron chi connectivity index (χ1n) is 13.1. The van der Waals surface area contributed by atoms with Gasteiger partial charge in [0, 0.05) is 36.3 Å². The Labute approximate surface area is 230 Å². The number of rotatable bonds is 15. The van der Waals surface area contributed by atoms with Crippen LogP contribution in [0.1, 0.15) is 69.7 Å². The summed E-state index contributed by atoms with van der Waals surface area (Å²) in [6.07, 6.45) is 1.45. The normalized spacial score (nSPS) is 13.3. The molecule has 0 radical (unpaired) electrons. The van der Waals surface area contributed by atoms with Gasteiger partial charge in [0.25, 0.3) is 17.7 Å². The predicted octanol–water partition coefficient (Wildman–Crippen LogP) is 3.26. The summed E-state index contributed by atoms with van der Waals surface area (Å²) in [7, 11) is 0. The fourth-order valence-electron chi connectivity index (χ4n) is 4.18. The van der Waals surface area contributed by atoms with Gasteiger partial charge in [-0.15, -0.1) is 0 Å². The van der Waals surface area contributed by atoms with Crippen LogP contribution in [-0.4, -0.2) is 82.7 Å². The second-order valence-corrected chi connectivity index (χ2v) is 10.4. The highest BCUT2D eigenvalue weighted by molar-refractivity contribution is 7.98. The summed E-state index contributed by atoms with van der Waals surface area (Å²) in [5.41, 5.74) is 1.98. The van der Waals surface area contributed by atoms with E-state index in [1.165, 1.54) is 0 Å². The van der Waals surface area contributed by atoms with Crippen LogP contribution in [0.25, 0.3) is 0 Å². The Hall–Kier alpha value is -2.88. The van der Waals surface area contributed by atoms with Gasteiger partial charge < -0.3 is 25.7 Å². The zero-order chi connectivity index (χ0) is 28.1. The summed E-state index contributed by atoms with van der Waals surface area (Å²) < 4.78 is 0. The van der Waals surface area contributed by atoms with Crippen molar-refractivity contribution in [3.63, 3.8) is 0 Å². The van der Waals surface area contributed by atoms with Crippen LogP contribution in [0.5, 0.6) is 0 Å². The topological polar surface area (TPSA) is 119 Å². The molecule has 0 aromatic heterocycles. The lowest BCUT2D eigenvalue weighted by Crippen LogP contribution is -2.51. The molecule has 0 aliphatic heterocycles. The highest BCUT2D eigenvalue weighted by atomic mass is 32.2. The molecule has 0 fully saturated rings. The zero-order valence-electron chi connectivity index (χ0n) is 22.8. The maximum Gasteiger partial charge on any atom is 0.253 e. The molecule has 4 N–H and O–H groups in total. The van der Waals surface area contributed by atoms with Gasteiger partial charge in [-0.25, -0.2) is 0 Å². The van der Waals surface area contributed by atoms with Crippen molar-refractivity contribution >= 4 is 29.5 Å². The summed E-state index contributed by atoms with van der Waals surface area (Å²) in [4.78, 5) is 40.4. The van der Waals surface area contributed by atoms with Crippen LogP contribution in [0, 0.1) is 6.92 Å². The Bertz CT molecular complexity index is 1040. The molecule has 9 heteroatoms. The van der Waals surface area contributed by atoms with Crippen molar-refractivity contribution < 1.29 is 24.6 Å². The summed E-state index contributed by atoms with van der Waals surface area (Å²) in [6, 6.07) is 13.0. The molecule has 0 bridgehead atoms. The molecule has 0 saturated carbocycles. The molecule has 0 saturated heterocycles. The third-order valence-electron chi connectivity index (χ3n) is 6.12. The monoisotopic (exact) mass is 543 g/mol. The van der Waals surface area contributed by atoms with Crippen LogP contribution < -0.4 is 10.6 Å². The van der Waals surface area contributed by atoms with Crippen molar-refractivity contribution in [2.75, 3.05) is 31.6 Å². The van der Waals surface area contributed by atoms with Crippen molar-refractivity contribution in [2.24, 2.45) is 0 Å². The Kier molecular flexibility index (Phi) is 13.3. The number of thioether (sulfide) groups is 1. The van der Waals surface area contributed by atoms with E-state index in [1.807, 2.05) is 33.1 Å². The molecule has 0 spiro atoms. The van der Waals surface area contributed by atoms with E-state index in [9.17, 15) is 24.6 Å². The van der Waals surface area contributed by atoms with Crippen molar-refractivity contribution in [1.82, 2.24) is 15.5 Å². The molecule has 2 aromatic rings. The summed E-state index contributed by atoms with van der Waals surface area (Å²) >= 11 is 1.57.